The molecule has 2 aromatic rings. The van der Waals surface area contributed by atoms with Gasteiger partial charge in [0, 0.05) is 36.5 Å². The van der Waals surface area contributed by atoms with E-state index in [2.05, 4.69) is 5.32 Å². The van der Waals surface area contributed by atoms with E-state index < -0.39 is 11.8 Å². The Morgan fingerprint density at radius 1 is 1.03 bits per heavy atom. The van der Waals surface area contributed by atoms with Gasteiger partial charge in [0.2, 0.25) is 0 Å². The van der Waals surface area contributed by atoms with E-state index in [1.54, 1.807) is 49.6 Å². The Balaban J connectivity index is 1.97. The van der Waals surface area contributed by atoms with Crippen LogP contribution < -0.4 is 10.1 Å². The molecule has 0 aliphatic carbocycles. The molecule has 1 aliphatic rings. The molecule has 0 bridgehead atoms. The maximum Gasteiger partial charge on any atom is 0.278 e. The molecular weight excluding hydrogens is 439 g/mol. The summed E-state index contributed by atoms with van der Waals surface area (Å²) >= 11 is 12.4. The molecule has 164 valence electrons. The summed E-state index contributed by atoms with van der Waals surface area (Å²) in [6, 6.07) is 12.0. The van der Waals surface area contributed by atoms with Gasteiger partial charge in [0.15, 0.2) is 0 Å². The van der Waals surface area contributed by atoms with Gasteiger partial charge in [-0.25, -0.2) is 0 Å². The van der Waals surface area contributed by atoms with Crippen LogP contribution in [-0.2, 0) is 14.3 Å². The number of nitrogens with one attached hydrogen (secondary N) is 1. The van der Waals surface area contributed by atoms with E-state index in [-0.39, 0.29) is 23.9 Å². The zero-order valence-electron chi connectivity index (χ0n) is 17.6. The number of rotatable bonds is 9. The van der Waals surface area contributed by atoms with E-state index in [1.165, 1.54) is 4.90 Å². The maximum atomic E-state index is 13.2. The summed E-state index contributed by atoms with van der Waals surface area (Å²) in [4.78, 5) is 27.5. The lowest BCUT2D eigenvalue weighted by atomic mass is 10.0. The molecule has 0 radical (unpaired) electrons. The number of ether oxygens (including phenoxy) is 2. The van der Waals surface area contributed by atoms with Crippen LogP contribution in [0, 0.1) is 0 Å². The van der Waals surface area contributed by atoms with E-state index in [9.17, 15) is 9.59 Å². The first-order valence-corrected chi connectivity index (χ1v) is 10.7. The molecule has 6 nitrogen and oxygen atoms in total. The molecule has 3 rings (SSSR count). The molecule has 0 atom stereocenters. The summed E-state index contributed by atoms with van der Waals surface area (Å²) in [5, 5.41) is 3.84. The van der Waals surface area contributed by atoms with Crippen molar-refractivity contribution in [2.24, 2.45) is 0 Å². The molecule has 1 heterocycles. The second-order valence-corrected chi connectivity index (χ2v) is 8.14. The lowest BCUT2D eigenvalue weighted by Crippen LogP contribution is -2.33. The summed E-state index contributed by atoms with van der Waals surface area (Å²) in [5.74, 6) is -0.109. The highest BCUT2D eigenvalue weighted by Crippen LogP contribution is 2.35. The Hall–Kier alpha value is -2.54. The number of methoxy groups -OCH3 is 1. The largest absolute Gasteiger partial charge is 0.491 e. The van der Waals surface area contributed by atoms with E-state index in [0.717, 1.165) is 0 Å². The number of nitrogens with zero attached hydrogens (tertiary/aromatic N) is 1. The van der Waals surface area contributed by atoms with Gasteiger partial charge >= 0.3 is 0 Å². The third-order valence-corrected chi connectivity index (χ3v) is 5.14. The summed E-state index contributed by atoms with van der Waals surface area (Å²) in [6.07, 6.45) is 0.583. The first kappa shape index (κ1) is 23.1. The van der Waals surface area contributed by atoms with Gasteiger partial charge in [-0.15, -0.1) is 0 Å². The van der Waals surface area contributed by atoms with Gasteiger partial charge in [0.1, 0.15) is 11.4 Å². The minimum Gasteiger partial charge on any atom is -0.491 e. The molecule has 0 fully saturated rings. The van der Waals surface area contributed by atoms with Gasteiger partial charge in [-0.3, -0.25) is 14.5 Å². The minimum atomic E-state index is -0.412. The van der Waals surface area contributed by atoms with Crippen LogP contribution in [0.4, 0.5) is 5.69 Å². The van der Waals surface area contributed by atoms with Crippen molar-refractivity contribution in [3.8, 4) is 5.75 Å². The standard InChI is InChI=1S/C23H24Cl2N2O4/c1-14(2)31-17-8-6-16(7-9-17)26-21-20(18-10-5-15(24)13-19(18)25)22(28)27(23(21)29)11-4-12-30-3/h5-10,13-14,26H,4,11-12H2,1-3H3. The SMILES string of the molecule is COCCCN1C(=O)C(Nc2ccc(OC(C)C)cc2)=C(c2ccc(Cl)cc2Cl)C1=O. The maximum absolute atomic E-state index is 13.2. The van der Waals surface area contributed by atoms with Crippen molar-refractivity contribution in [2.45, 2.75) is 26.4 Å². The topological polar surface area (TPSA) is 67.9 Å². The van der Waals surface area contributed by atoms with Gasteiger partial charge in [0.25, 0.3) is 11.8 Å². The first-order chi connectivity index (χ1) is 14.8. The van der Waals surface area contributed by atoms with E-state index in [1.807, 2.05) is 13.8 Å². The number of carbonyl (C=O) groups excluding carboxylic acids is 2. The number of anilines is 1. The highest BCUT2D eigenvalue weighted by atomic mass is 35.5. The van der Waals surface area contributed by atoms with Crippen molar-refractivity contribution in [3.05, 3.63) is 63.8 Å². The van der Waals surface area contributed by atoms with Gasteiger partial charge in [-0.05, 0) is 56.7 Å². The minimum absolute atomic E-state index is 0.0508. The van der Waals surface area contributed by atoms with E-state index in [4.69, 9.17) is 32.7 Å². The number of halogens is 2. The van der Waals surface area contributed by atoms with Crippen LogP contribution >= 0.6 is 23.2 Å². The van der Waals surface area contributed by atoms with Crippen molar-refractivity contribution in [2.75, 3.05) is 25.6 Å². The quantitative estimate of drug-likeness (QED) is 0.418. The van der Waals surface area contributed by atoms with Gasteiger partial charge < -0.3 is 14.8 Å². The second kappa shape index (κ2) is 10.2. The van der Waals surface area contributed by atoms with Crippen molar-refractivity contribution in [1.29, 1.82) is 0 Å². The highest BCUT2D eigenvalue weighted by Gasteiger charge is 2.39. The van der Waals surface area contributed by atoms with Crippen molar-refractivity contribution < 1.29 is 19.1 Å². The number of carbonyl (C=O) groups is 2. The van der Waals surface area contributed by atoms with Crippen molar-refractivity contribution in [3.63, 3.8) is 0 Å². The second-order valence-electron chi connectivity index (χ2n) is 7.30. The number of benzene rings is 2. The van der Waals surface area contributed by atoms with Crippen LogP contribution in [0.3, 0.4) is 0 Å². The molecular formula is C23H24Cl2N2O4. The third kappa shape index (κ3) is 5.39. The van der Waals surface area contributed by atoms with Gasteiger partial charge in [-0.2, -0.15) is 0 Å². The van der Waals surface area contributed by atoms with Crippen LogP contribution in [0.15, 0.2) is 48.2 Å². The number of hydrogen-bond acceptors (Lipinski definition) is 5. The molecule has 0 saturated carbocycles. The smallest absolute Gasteiger partial charge is 0.278 e. The number of imide groups is 1. The Morgan fingerprint density at radius 2 is 1.74 bits per heavy atom. The zero-order valence-corrected chi connectivity index (χ0v) is 19.1. The first-order valence-electron chi connectivity index (χ1n) is 9.90. The highest BCUT2D eigenvalue weighted by molar-refractivity contribution is 6.41. The van der Waals surface area contributed by atoms with E-state index >= 15 is 0 Å². The molecule has 0 saturated heterocycles. The molecule has 0 spiro atoms. The van der Waals surface area contributed by atoms with Crippen LogP contribution in [0.25, 0.3) is 5.57 Å². The van der Waals surface area contributed by atoms with Gasteiger partial charge in [0.05, 0.1) is 16.7 Å². The number of amides is 2. The Kier molecular flexibility index (Phi) is 7.59. The summed E-state index contributed by atoms with van der Waals surface area (Å²) < 4.78 is 10.7. The average molecular weight is 463 g/mol. The molecule has 2 amide bonds. The van der Waals surface area contributed by atoms with Crippen molar-refractivity contribution >= 4 is 46.3 Å². The number of hydrogen-bond donors (Lipinski definition) is 1. The Labute approximate surface area is 191 Å². The normalized spacial score (nSPS) is 14.1. The average Bonchev–Trinajstić information content (AvgIpc) is 2.94. The monoisotopic (exact) mass is 462 g/mol. The van der Waals surface area contributed by atoms with Crippen LogP contribution in [0.2, 0.25) is 10.0 Å². The summed E-state index contributed by atoms with van der Waals surface area (Å²) in [6.45, 7) is 4.57. The fourth-order valence-electron chi connectivity index (χ4n) is 3.24. The summed E-state index contributed by atoms with van der Waals surface area (Å²) in [7, 11) is 1.57. The van der Waals surface area contributed by atoms with Crippen LogP contribution in [0.1, 0.15) is 25.8 Å². The van der Waals surface area contributed by atoms with Gasteiger partial charge in [-0.1, -0.05) is 29.3 Å². The predicted molar refractivity (Wildman–Crippen MR) is 122 cm³/mol. The molecule has 31 heavy (non-hydrogen) atoms. The summed E-state index contributed by atoms with van der Waals surface area (Å²) in [5.41, 5.74) is 1.48. The Bertz CT molecular complexity index is 1000. The molecule has 0 unspecified atom stereocenters. The predicted octanol–water partition coefficient (Wildman–Crippen LogP) is 5.01. The van der Waals surface area contributed by atoms with Crippen molar-refractivity contribution in [1.82, 2.24) is 4.90 Å². The van der Waals surface area contributed by atoms with Crippen LogP contribution in [0.5, 0.6) is 5.75 Å². The molecule has 2 aromatic carbocycles. The molecule has 0 aromatic heterocycles. The van der Waals surface area contributed by atoms with Crippen LogP contribution in [-0.4, -0.2) is 43.1 Å². The molecule has 1 aliphatic heterocycles. The molecule has 1 N–H and O–H groups in total. The lowest BCUT2D eigenvalue weighted by molar-refractivity contribution is -0.136. The fraction of sp³-hybridized carbons (Fsp3) is 0.304. The van der Waals surface area contributed by atoms with E-state index in [0.29, 0.717) is 40.1 Å². The Morgan fingerprint density at radius 3 is 2.35 bits per heavy atom. The third-order valence-electron chi connectivity index (χ3n) is 4.59. The lowest BCUT2D eigenvalue weighted by Gasteiger charge is -2.15. The zero-order chi connectivity index (χ0) is 22.5. The fourth-order valence-corrected chi connectivity index (χ4v) is 3.74. The molecule has 8 heteroatoms.